The predicted molar refractivity (Wildman–Crippen MR) is 72.0 cm³/mol. The summed E-state index contributed by atoms with van der Waals surface area (Å²) in [7, 11) is 0. The van der Waals surface area contributed by atoms with E-state index in [1.165, 1.54) is 12.3 Å². The van der Waals surface area contributed by atoms with Gasteiger partial charge in [0.15, 0.2) is 0 Å². The van der Waals surface area contributed by atoms with Gasteiger partial charge in [0.1, 0.15) is 5.69 Å². The SMILES string of the molecule is O=C(O)CCN1CCN(C(=O)c2cc([N+](=O)[O-])c[nH]2)CC1. The van der Waals surface area contributed by atoms with Gasteiger partial charge in [-0.3, -0.25) is 24.6 Å². The summed E-state index contributed by atoms with van der Waals surface area (Å²) in [6.45, 7) is 2.62. The molecular formula is C12H16N4O5. The van der Waals surface area contributed by atoms with Crippen molar-refractivity contribution in [3.63, 3.8) is 0 Å². The first kappa shape index (κ1) is 15.0. The van der Waals surface area contributed by atoms with E-state index in [1.54, 1.807) is 4.90 Å². The van der Waals surface area contributed by atoms with Gasteiger partial charge in [-0.05, 0) is 0 Å². The molecule has 0 aliphatic carbocycles. The third kappa shape index (κ3) is 3.78. The molecule has 1 fully saturated rings. The number of amides is 1. The summed E-state index contributed by atoms with van der Waals surface area (Å²) in [5, 5.41) is 19.2. The van der Waals surface area contributed by atoms with Gasteiger partial charge >= 0.3 is 5.97 Å². The van der Waals surface area contributed by atoms with Crippen LogP contribution in [-0.4, -0.2) is 69.4 Å². The smallest absolute Gasteiger partial charge is 0.304 e. The number of hydrogen-bond acceptors (Lipinski definition) is 5. The lowest BCUT2D eigenvalue weighted by Crippen LogP contribution is -2.49. The molecule has 0 radical (unpaired) electrons. The lowest BCUT2D eigenvalue weighted by molar-refractivity contribution is -0.384. The minimum Gasteiger partial charge on any atom is -0.481 e. The van der Waals surface area contributed by atoms with Crippen molar-refractivity contribution in [2.24, 2.45) is 0 Å². The zero-order valence-corrected chi connectivity index (χ0v) is 11.3. The van der Waals surface area contributed by atoms with E-state index in [2.05, 4.69) is 4.98 Å². The summed E-state index contributed by atoms with van der Waals surface area (Å²) < 4.78 is 0. The normalized spacial score (nSPS) is 15.9. The maximum atomic E-state index is 12.2. The van der Waals surface area contributed by atoms with Gasteiger partial charge in [0.2, 0.25) is 0 Å². The third-order valence-electron chi connectivity index (χ3n) is 3.41. The number of carbonyl (C=O) groups excluding carboxylic acids is 1. The molecule has 2 heterocycles. The Labute approximate surface area is 120 Å². The molecule has 9 heteroatoms. The number of hydrogen-bond donors (Lipinski definition) is 2. The van der Waals surface area contributed by atoms with Gasteiger partial charge in [-0.1, -0.05) is 0 Å². The summed E-state index contributed by atoms with van der Waals surface area (Å²) >= 11 is 0. The minimum atomic E-state index is -0.841. The Bertz CT molecular complexity index is 548. The Morgan fingerprint density at radius 2 is 2.00 bits per heavy atom. The fourth-order valence-electron chi connectivity index (χ4n) is 2.21. The molecule has 0 atom stereocenters. The van der Waals surface area contributed by atoms with Crippen LogP contribution in [0.15, 0.2) is 12.3 Å². The van der Waals surface area contributed by atoms with Crippen LogP contribution < -0.4 is 0 Å². The molecular weight excluding hydrogens is 280 g/mol. The Balaban J connectivity index is 1.87. The number of aliphatic carboxylic acids is 1. The second-order valence-corrected chi connectivity index (χ2v) is 4.81. The molecule has 114 valence electrons. The predicted octanol–water partition coefficient (Wildman–Crippen LogP) is 0.155. The van der Waals surface area contributed by atoms with Crippen LogP contribution in [0.5, 0.6) is 0 Å². The zero-order valence-electron chi connectivity index (χ0n) is 11.3. The topological polar surface area (TPSA) is 120 Å². The summed E-state index contributed by atoms with van der Waals surface area (Å²) in [5.41, 5.74) is 0.0548. The summed E-state index contributed by atoms with van der Waals surface area (Å²) in [6.07, 6.45) is 1.27. The summed E-state index contributed by atoms with van der Waals surface area (Å²) in [6, 6.07) is 1.22. The van der Waals surface area contributed by atoms with E-state index in [0.29, 0.717) is 32.7 Å². The van der Waals surface area contributed by atoms with Gasteiger partial charge in [-0.15, -0.1) is 0 Å². The van der Waals surface area contributed by atoms with Crippen LogP contribution in [0.25, 0.3) is 0 Å². The second-order valence-electron chi connectivity index (χ2n) is 4.81. The van der Waals surface area contributed by atoms with Gasteiger partial charge in [-0.2, -0.15) is 0 Å². The largest absolute Gasteiger partial charge is 0.481 e. The van der Waals surface area contributed by atoms with E-state index in [4.69, 9.17) is 5.11 Å². The number of piperazine rings is 1. The van der Waals surface area contributed by atoms with Crippen molar-refractivity contribution in [1.29, 1.82) is 0 Å². The number of carboxylic acids is 1. The van der Waals surface area contributed by atoms with Crippen molar-refractivity contribution in [2.75, 3.05) is 32.7 Å². The first-order valence-corrected chi connectivity index (χ1v) is 6.53. The highest BCUT2D eigenvalue weighted by Crippen LogP contribution is 2.15. The number of aromatic nitrogens is 1. The van der Waals surface area contributed by atoms with Crippen LogP contribution in [-0.2, 0) is 4.79 Å². The fraction of sp³-hybridized carbons (Fsp3) is 0.500. The van der Waals surface area contributed by atoms with Crippen molar-refractivity contribution in [2.45, 2.75) is 6.42 Å². The molecule has 1 aromatic heterocycles. The third-order valence-corrected chi connectivity index (χ3v) is 3.41. The Hall–Kier alpha value is -2.42. The average molecular weight is 296 g/mol. The van der Waals surface area contributed by atoms with E-state index in [0.717, 1.165) is 0 Å². The molecule has 0 aromatic carbocycles. The van der Waals surface area contributed by atoms with Crippen molar-refractivity contribution in [3.8, 4) is 0 Å². The monoisotopic (exact) mass is 296 g/mol. The summed E-state index contributed by atoms with van der Waals surface area (Å²) in [5.74, 6) is -1.12. The maximum absolute atomic E-state index is 12.2. The quantitative estimate of drug-likeness (QED) is 0.589. The molecule has 21 heavy (non-hydrogen) atoms. The highest BCUT2D eigenvalue weighted by molar-refractivity contribution is 5.93. The fourth-order valence-corrected chi connectivity index (χ4v) is 2.21. The number of carboxylic acid groups (broad SMARTS) is 1. The summed E-state index contributed by atoms with van der Waals surface area (Å²) in [4.78, 5) is 38.9. The van der Waals surface area contributed by atoms with E-state index in [-0.39, 0.29) is 23.7 Å². The molecule has 2 N–H and O–H groups in total. The number of H-pyrrole nitrogens is 1. The van der Waals surface area contributed by atoms with E-state index in [9.17, 15) is 19.7 Å². The van der Waals surface area contributed by atoms with Crippen molar-refractivity contribution in [3.05, 3.63) is 28.1 Å². The molecule has 1 saturated heterocycles. The first-order valence-electron chi connectivity index (χ1n) is 6.53. The molecule has 0 saturated carbocycles. The van der Waals surface area contributed by atoms with Crippen LogP contribution in [0.2, 0.25) is 0 Å². The first-order chi connectivity index (χ1) is 9.97. The minimum absolute atomic E-state index is 0.0801. The highest BCUT2D eigenvalue weighted by atomic mass is 16.6. The lowest BCUT2D eigenvalue weighted by Gasteiger charge is -2.34. The molecule has 2 rings (SSSR count). The molecule has 1 amide bonds. The molecule has 9 nitrogen and oxygen atoms in total. The van der Waals surface area contributed by atoms with Gasteiger partial charge in [0.05, 0.1) is 17.5 Å². The number of nitrogens with zero attached hydrogens (tertiary/aromatic N) is 3. The van der Waals surface area contributed by atoms with Crippen LogP contribution in [0.1, 0.15) is 16.9 Å². The van der Waals surface area contributed by atoms with Crippen LogP contribution in [0.4, 0.5) is 5.69 Å². The van der Waals surface area contributed by atoms with Crippen molar-refractivity contribution in [1.82, 2.24) is 14.8 Å². The Morgan fingerprint density at radius 1 is 1.33 bits per heavy atom. The van der Waals surface area contributed by atoms with E-state index < -0.39 is 10.9 Å². The number of nitrogens with one attached hydrogen (secondary N) is 1. The number of carbonyl (C=O) groups is 2. The van der Waals surface area contributed by atoms with E-state index in [1.807, 2.05) is 4.90 Å². The molecule has 0 unspecified atom stereocenters. The van der Waals surface area contributed by atoms with Crippen molar-refractivity contribution >= 4 is 17.6 Å². The standard InChI is InChI=1S/C12H16N4O5/c17-11(18)1-2-14-3-5-15(6-4-14)12(19)10-7-9(8-13-10)16(20)21/h7-8,13H,1-6H2,(H,17,18). The van der Waals surface area contributed by atoms with Crippen LogP contribution in [0.3, 0.4) is 0 Å². The average Bonchev–Trinajstić information content (AvgIpc) is 2.95. The Morgan fingerprint density at radius 3 is 2.52 bits per heavy atom. The van der Waals surface area contributed by atoms with Crippen LogP contribution >= 0.6 is 0 Å². The van der Waals surface area contributed by atoms with Gasteiger partial charge in [-0.25, -0.2) is 0 Å². The molecule has 1 aromatic rings. The van der Waals surface area contributed by atoms with Gasteiger partial charge in [0, 0.05) is 38.8 Å². The second kappa shape index (κ2) is 6.35. The molecule has 0 bridgehead atoms. The van der Waals surface area contributed by atoms with E-state index >= 15 is 0 Å². The molecule has 1 aliphatic rings. The number of nitro groups is 1. The number of aromatic amines is 1. The Kier molecular flexibility index (Phi) is 4.53. The lowest BCUT2D eigenvalue weighted by atomic mass is 10.2. The van der Waals surface area contributed by atoms with Gasteiger partial charge < -0.3 is 15.0 Å². The van der Waals surface area contributed by atoms with Crippen LogP contribution in [0, 0.1) is 10.1 Å². The maximum Gasteiger partial charge on any atom is 0.304 e. The zero-order chi connectivity index (χ0) is 15.4. The van der Waals surface area contributed by atoms with Gasteiger partial charge in [0.25, 0.3) is 11.6 Å². The highest BCUT2D eigenvalue weighted by Gasteiger charge is 2.24. The van der Waals surface area contributed by atoms with Crippen molar-refractivity contribution < 1.29 is 19.6 Å². The number of rotatable bonds is 5. The molecule has 1 aliphatic heterocycles. The molecule has 0 spiro atoms.